The van der Waals surface area contributed by atoms with Gasteiger partial charge in [-0.15, -0.1) is 0 Å². The molecule has 3 heteroatoms. The van der Waals surface area contributed by atoms with Crippen molar-refractivity contribution in [2.75, 3.05) is 0 Å². The third-order valence-corrected chi connectivity index (χ3v) is 4.28. The highest BCUT2D eigenvalue weighted by Crippen LogP contribution is 2.24. The van der Waals surface area contributed by atoms with Crippen LogP contribution in [0.2, 0.25) is 0 Å². The molecule has 0 aromatic heterocycles. The highest BCUT2D eigenvalue weighted by molar-refractivity contribution is 7.95. The first-order valence-electron chi connectivity index (χ1n) is 4.85. The zero-order chi connectivity index (χ0) is 10.7. The van der Waals surface area contributed by atoms with Crippen molar-refractivity contribution < 1.29 is 8.42 Å². The Labute approximate surface area is 89.9 Å². The smallest absolute Gasteiger partial charge is 0.202 e. The summed E-state index contributed by atoms with van der Waals surface area (Å²) in [6.45, 7) is 0. The number of allylic oxidation sites excluding steroid dienone is 4. The van der Waals surface area contributed by atoms with Gasteiger partial charge in [-0.25, -0.2) is 8.42 Å². The van der Waals surface area contributed by atoms with E-state index in [2.05, 4.69) is 0 Å². The fourth-order valence-corrected chi connectivity index (χ4v) is 3.00. The molecule has 0 saturated heterocycles. The molecule has 2 nitrogen and oxygen atoms in total. The lowest BCUT2D eigenvalue weighted by Gasteiger charge is -2.09. The Balaban J connectivity index is 2.40. The van der Waals surface area contributed by atoms with Gasteiger partial charge in [0.1, 0.15) is 0 Å². The standard InChI is InChI=1S/C12H12O2S/c13-15(14,11-7-3-1-4-8-11)12-9-5-2-6-10-12/h1-5,7-8,10H,6,9H2. The van der Waals surface area contributed by atoms with Crippen LogP contribution in [0.1, 0.15) is 12.8 Å². The molecule has 1 aliphatic rings. The van der Waals surface area contributed by atoms with E-state index in [4.69, 9.17) is 0 Å². The van der Waals surface area contributed by atoms with Crippen molar-refractivity contribution in [3.63, 3.8) is 0 Å². The van der Waals surface area contributed by atoms with Gasteiger partial charge in [-0.1, -0.05) is 36.4 Å². The summed E-state index contributed by atoms with van der Waals surface area (Å²) in [6.07, 6.45) is 6.88. The van der Waals surface area contributed by atoms with Gasteiger partial charge >= 0.3 is 0 Å². The second kappa shape index (κ2) is 4.03. The fraction of sp³-hybridized carbons (Fsp3) is 0.167. The molecular weight excluding hydrogens is 208 g/mol. The van der Waals surface area contributed by atoms with Crippen molar-refractivity contribution in [2.24, 2.45) is 0 Å². The van der Waals surface area contributed by atoms with Gasteiger partial charge in [0.2, 0.25) is 9.84 Å². The highest BCUT2D eigenvalue weighted by Gasteiger charge is 2.19. The van der Waals surface area contributed by atoms with Crippen LogP contribution in [0.5, 0.6) is 0 Å². The summed E-state index contributed by atoms with van der Waals surface area (Å²) in [5, 5.41) is 0. The molecule has 0 saturated carbocycles. The van der Waals surface area contributed by atoms with E-state index < -0.39 is 9.84 Å². The number of sulfone groups is 1. The van der Waals surface area contributed by atoms with Crippen LogP contribution in [0, 0.1) is 0 Å². The molecule has 0 aliphatic heterocycles. The molecule has 0 radical (unpaired) electrons. The topological polar surface area (TPSA) is 34.1 Å². The van der Waals surface area contributed by atoms with Crippen molar-refractivity contribution in [1.82, 2.24) is 0 Å². The lowest BCUT2D eigenvalue weighted by molar-refractivity contribution is 0.601. The van der Waals surface area contributed by atoms with E-state index in [1.54, 1.807) is 30.3 Å². The van der Waals surface area contributed by atoms with E-state index in [1.165, 1.54) is 0 Å². The number of hydrogen-bond acceptors (Lipinski definition) is 2. The minimum absolute atomic E-state index is 0.381. The quantitative estimate of drug-likeness (QED) is 0.718. The first kappa shape index (κ1) is 10.2. The zero-order valence-electron chi connectivity index (χ0n) is 8.26. The molecule has 1 aromatic carbocycles. The van der Waals surface area contributed by atoms with Gasteiger partial charge < -0.3 is 0 Å². The molecule has 0 atom stereocenters. The Hall–Kier alpha value is -1.35. The van der Waals surface area contributed by atoms with E-state index in [9.17, 15) is 8.42 Å². The van der Waals surface area contributed by atoms with Crippen molar-refractivity contribution in [1.29, 1.82) is 0 Å². The Morgan fingerprint density at radius 1 is 1.00 bits per heavy atom. The average molecular weight is 220 g/mol. The van der Waals surface area contributed by atoms with E-state index in [-0.39, 0.29) is 0 Å². The molecule has 1 aromatic rings. The maximum atomic E-state index is 12.1. The normalized spacial score (nSPS) is 16.1. The first-order valence-corrected chi connectivity index (χ1v) is 6.34. The Kier molecular flexibility index (Phi) is 2.73. The molecule has 0 amide bonds. The average Bonchev–Trinajstić information content (AvgIpc) is 2.31. The summed E-state index contributed by atoms with van der Waals surface area (Å²) in [5.41, 5.74) is 0. The van der Waals surface area contributed by atoms with Crippen LogP contribution in [0.25, 0.3) is 0 Å². The summed E-state index contributed by atoms with van der Waals surface area (Å²) in [4.78, 5) is 0.891. The molecule has 0 bridgehead atoms. The van der Waals surface area contributed by atoms with Gasteiger partial charge in [-0.2, -0.15) is 0 Å². The second-order valence-corrected chi connectivity index (χ2v) is 5.40. The number of rotatable bonds is 2. The molecular formula is C12H12O2S. The molecule has 78 valence electrons. The summed E-state index contributed by atoms with van der Waals surface area (Å²) < 4.78 is 24.2. The molecule has 0 fully saturated rings. The van der Waals surface area contributed by atoms with Crippen LogP contribution in [0.4, 0.5) is 0 Å². The van der Waals surface area contributed by atoms with Crippen LogP contribution in [-0.2, 0) is 9.84 Å². The minimum atomic E-state index is -3.25. The molecule has 0 spiro atoms. The third-order valence-electron chi connectivity index (χ3n) is 2.37. The van der Waals surface area contributed by atoms with Gasteiger partial charge in [-0.3, -0.25) is 0 Å². The molecule has 0 heterocycles. The van der Waals surface area contributed by atoms with Gasteiger partial charge in [0.05, 0.1) is 4.90 Å². The lowest BCUT2D eigenvalue weighted by atomic mass is 10.2. The number of benzene rings is 1. The SMILES string of the molecule is O=S(=O)(C1=CCC=CC1)c1ccccc1. The van der Waals surface area contributed by atoms with Crippen molar-refractivity contribution in [3.05, 3.63) is 53.5 Å². The maximum absolute atomic E-state index is 12.1. The largest absolute Gasteiger partial charge is 0.219 e. The van der Waals surface area contributed by atoms with Gasteiger partial charge in [0.25, 0.3) is 0 Å². The summed E-state index contributed by atoms with van der Waals surface area (Å²) in [6, 6.07) is 8.56. The van der Waals surface area contributed by atoms with E-state index in [0.717, 1.165) is 0 Å². The van der Waals surface area contributed by atoms with E-state index in [1.807, 2.05) is 18.2 Å². The Morgan fingerprint density at radius 2 is 1.73 bits per heavy atom. The minimum Gasteiger partial charge on any atom is -0.219 e. The Morgan fingerprint density at radius 3 is 2.33 bits per heavy atom. The van der Waals surface area contributed by atoms with Crippen LogP contribution in [-0.4, -0.2) is 8.42 Å². The molecule has 0 N–H and O–H groups in total. The fourth-order valence-electron chi connectivity index (χ4n) is 1.55. The predicted molar refractivity (Wildman–Crippen MR) is 60.1 cm³/mol. The molecule has 0 unspecified atom stereocenters. The number of hydrogen-bond donors (Lipinski definition) is 0. The molecule has 1 aliphatic carbocycles. The molecule has 2 rings (SSSR count). The maximum Gasteiger partial charge on any atom is 0.202 e. The van der Waals surface area contributed by atoms with Crippen LogP contribution in [0.15, 0.2) is 58.4 Å². The monoisotopic (exact) mass is 220 g/mol. The second-order valence-electron chi connectivity index (χ2n) is 3.40. The first-order chi connectivity index (χ1) is 7.21. The van der Waals surface area contributed by atoms with Gasteiger partial charge in [-0.05, 0) is 18.6 Å². The summed E-state index contributed by atoms with van der Waals surface area (Å²) in [7, 11) is -3.25. The van der Waals surface area contributed by atoms with Crippen molar-refractivity contribution in [2.45, 2.75) is 17.7 Å². The van der Waals surface area contributed by atoms with Gasteiger partial charge in [0.15, 0.2) is 0 Å². The van der Waals surface area contributed by atoms with Crippen LogP contribution >= 0.6 is 0 Å². The van der Waals surface area contributed by atoms with Crippen LogP contribution in [0.3, 0.4) is 0 Å². The van der Waals surface area contributed by atoms with Crippen molar-refractivity contribution >= 4 is 9.84 Å². The van der Waals surface area contributed by atoms with E-state index >= 15 is 0 Å². The highest BCUT2D eigenvalue weighted by atomic mass is 32.2. The lowest BCUT2D eigenvalue weighted by Crippen LogP contribution is -2.05. The van der Waals surface area contributed by atoms with E-state index in [0.29, 0.717) is 22.6 Å². The van der Waals surface area contributed by atoms with Crippen LogP contribution < -0.4 is 0 Å². The van der Waals surface area contributed by atoms with Crippen molar-refractivity contribution in [3.8, 4) is 0 Å². The predicted octanol–water partition coefficient (Wildman–Crippen LogP) is 2.69. The van der Waals surface area contributed by atoms with Gasteiger partial charge in [0, 0.05) is 11.3 Å². The summed E-state index contributed by atoms with van der Waals surface area (Å²) >= 11 is 0. The summed E-state index contributed by atoms with van der Waals surface area (Å²) in [5.74, 6) is 0. The Bertz CT molecular complexity index is 496. The molecule has 15 heavy (non-hydrogen) atoms. The third kappa shape index (κ3) is 2.02. The zero-order valence-corrected chi connectivity index (χ0v) is 9.07.